The number of H-pyrrole nitrogens is 1. The van der Waals surface area contributed by atoms with Crippen LogP contribution in [0, 0.1) is 0 Å². The zero-order chi connectivity index (χ0) is 23.9. The van der Waals surface area contributed by atoms with E-state index in [2.05, 4.69) is 20.5 Å². The summed E-state index contributed by atoms with van der Waals surface area (Å²) in [6.07, 6.45) is 2.21. The summed E-state index contributed by atoms with van der Waals surface area (Å²) in [5.41, 5.74) is 6.51. The first-order chi connectivity index (χ1) is 16.6. The lowest BCUT2D eigenvalue weighted by Gasteiger charge is -2.09. The van der Waals surface area contributed by atoms with Crippen LogP contribution in [0.5, 0.6) is 17.2 Å². The van der Waals surface area contributed by atoms with E-state index in [1.165, 1.54) is 0 Å². The first kappa shape index (κ1) is 22.8. The van der Waals surface area contributed by atoms with Gasteiger partial charge < -0.3 is 19.2 Å². The second-order valence-electron chi connectivity index (χ2n) is 7.48. The number of aromatic nitrogens is 2. The average Bonchev–Trinajstić information content (AvgIpc) is 3.26. The minimum atomic E-state index is -0.317. The fourth-order valence-electron chi connectivity index (χ4n) is 3.50. The average molecular weight is 459 g/mol. The summed E-state index contributed by atoms with van der Waals surface area (Å²) in [6, 6.07) is 18.6. The Morgan fingerprint density at radius 2 is 1.85 bits per heavy atom. The summed E-state index contributed by atoms with van der Waals surface area (Å²) in [7, 11) is 3.23. The molecule has 0 bridgehead atoms. The van der Waals surface area contributed by atoms with Gasteiger partial charge in [-0.3, -0.25) is 4.79 Å². The molecule has 0 aliphatic carbocycles. The highest BCUT2D eigenvalue weighted by Crippen LogP contribution is 2.27. The SMILES string of the molecule is CCOc1cc(/C=N\NC(=O)c2ccc3nc(Cc4ccc(OC)cc4)[nH]c3c2)ccc1OC. The second kappa shape index (κ2) is 10.5. The Balaban J connectivity index is 1.43. The number of imidazole rings is 1. The van der Waals surface area contributed by atoms with Gasteiger partial charge in [-0.25, -0.2) is 10.4 Å². The molecule has 4 aromatic rings. The molecule has 1 heterocycles. The van der Waals surface area contributed by atoms with Crippen LogP contribution in [0.3, 0.4) is 0 Å². The lowest BCUT2D eigenvalue weighted by atomic mass is 10.1. The fourth-order valence-corrected chi connectivity index (χ4v) is 3.50. The van der Waals surface area contributed by atoms with Crippen molar-refractivity contribution in [2.24, 2.45) is 5.10 Å². The van der Waals surface area contributed by atoms with Crippen LogP contribution >= 0.6 is 0 Å². The number of carbonyl (C=O) groups excluding carboxylic acids is 1. The van der Waals surface area contributed by atoms with E-state index in [0.717, 1.165) is 33.7 Å². The molecule has 2 N–H and O–H groups in total. The zero-order valence-corrected chi connectivity index (χ0v) is 19.3. The maximum absolute atomic E-state index is 12.6. The van der Waals surface area contributed by atoms with Gasteiger partial charge in [0.15, 0.2) is 11.5 Å². The molecule has 0 aliphatic rings. The summed E-state index contributed by atoms with van der Waals surface area (Å²) >= 11 is 0. The number of rotatable bonds is 9. The summed E-state index contributed by atoms with van der Waals surface area (Å²) in [4.78, 5) is 20.5. The van der Waals surface area contributed by atoms with E-state index in [-0.39, 0.29) is 5.91 Å². The predicted octanol–water partition coefficient (Wildman–Crippen LogP) is 4.33. The Morgan fingerprint density at radius 3 is 2.59 bits per heavy atom. The van der Waals surface area contributed by atoms with Gasteiger partial charge in [0, 0.05) is 12.0 Å². The molecular weight excluding hydrogens is 432 g/mol. The maximum Gasteiger partial charge on any atom is 0.271 e. The topological polar surface area (TPSA) is 97.8 Å². The van der Waals surface area contributed by atoms with Crippen molar-refractivity contribution in [2.45, 2.75) is 13.3 Å². The number of benzene rings is 3. The largest absolute Gasteiger partial charge is 0.497 e. The van der Waals surface area contributed by atoms with E-state index in [4.69, 9.17) is 14.2 Å². The van der Waals surface area contributed by atoms with Crippen molar-refractivity contribution in [1.82, 2.24) is 15.4 Å². The molecule has 0 saturated carbocycles. The quantitative estimate of drug-likeness (QED) is 0.287. The third-order valence-electron chi connectivity index (χ3n) is 5.19. The van der Waals surface area contributed by atoms with Crippen LogP contribution in [-0.2, 0) is 6.42 Å². The Kier molecular flexibility index (Phi) is 7.07. The molecule has 0 saturated heterocycles. The highest BCUT2D eigenvalue weighted by Gasteiger charge is 2.10. The minimum absolute atomic E-state index is 0.317. The van der Waals surface area contributed by atoms with Crippen molar-refractivity contribution in [3.8, 4) is 17.2 Å². The van der Waals surface area contributed by atoms with E-state index in [1.54, 1.807) is 44.7 Å². The summed E-state index contributed by atoms with van der Waals surface area (Å²) in [5.74, 6) is 2.58. The predicted molar refractivity (Wildman–Crippen MR) is 131 cm³/mol. The number of ether oxygens (including phenoxy) is 3. The molecule has 0 aliphatic heterocycles. The van der Waals surface area contributed by atoms with Crippen LogP contribution in [0.4, 0.5) is 0 Å². The number of fused-ring (bicyclic) bond motifs is 1. The van der Waals surface area contributed by atoms with Crippen molar-refractivity contribution < 1.29 is 19.0 Å². The number of hydrazone groups is 1. The number of nitrogens with one attached hydrogen (secondary N) is 2. The van der Waals surface area contributed by atoms with Crippen molar-refractivity contribution in [3.05, 3.63) is 83.2 Å². The highest BCUT2D eigenvalue weighted by molar-refractivity contribution is 5.97. The van der Waals surface area contributed by atoms with E-state index in [9.17, 15) is 4.79 Å². The number of hydrogen-bond donors (Lipinski definition) is 2. The first-order valence-electron chi connectivity index (χ1n) is 10.9. The summed E-state index contributed by atoms with van der Waals surface area (Å²) < 4.78 is 16.0. The molecule has 8 heteroatoms. The molecular formula is C26H26N4O4. The van der Waals surface area contributed by atoms with E-state index >= 15 is 0 Å². The maximum atomic E-state index is 12.6. The van der Waals surface area contributed by atoms with Crippen molar-refractivity contribution in [2.75, 3.05) is 20.8 Å². The molecule has 34 heavy (non-hydrogen) atoms. The Hall–Kier alpha value is -4.33. The third kappa shape index (κ3) is 5.35. The van der Waals surface area contributed by atoms with Crippen LogP contribution < -0.4 is 19.6 Å². The van der Waals surface area contributed by atoms with Crippen LogP contribution in [0.25, 0.3) is 11.0 Å². The lowest BCUT2D eigenvalue weighted by Crippen LogP contribution is -2.17. The monoisotopic (exact) mass is 458 g/mol. The van der Waals surface area contributed by atoms with Crippen molar-refractivity contribution in [1.29, 1.82) is 0 Å². The number of hydrogen-bond acceptors (Lipinski definition) is 6. The summed E-state index contributed by atoms with van der Waals surface area (Å²) in [6.45, 7) is 2.42. The molecule has 3 aromatic carbocycles. The molecule has 0 fully saturated rings. The molecule has 8 nitrogen and oxygen atoms in total. The Morgan fingerprint density at radius 1 is 1.03 bits per heavy atom. The number of methoxy groups -OCH3 is 2. The van der Waals surface area contributed by atoms with Crippen LogP contribution in [0.15, 0.2) is 65.8 Å². The smallest absolute Gasteiger partial charge is 0.271 e. The number of nitrogens with zero attached hydrogens (tertiary/aromatic N) is 2. The molecule has 0 spiro atoms. The standard InChI is InChI=1S/C26H26N4O4/c1-4-34-24-13-18(7-12-23(24)33-3)16-27-30-26(31)19-8-11-21-22(15-19)29-25(28-21)14-17-5-9-20(32-2)10-6-17/h5-13,15-16H,4,14H2,1-3H3,(H,28,29)(H,30,31)/b27-16-. The van der Waals surface area contributed by atoms with Crippen molar-refractivity contribution in [3.63, 3.8) is 0 Å². The van der Waals surface area contributed by atoms with E-state index < -0.39 is 0 Å². The van der Waals surface area contributed by atoms with Crippen LogP contribution in [0.1, 0.15) is 34.2 Å². The van der Waals surface area contributed by atoms with Gasteiger partial charge in [-0.1, -0.05) is 12.1 Å². The highest BCUT2D eigenvalue weighted by atomic mass is 16.5. The minimum Gasteiger partial charge on any atom is -0.497 e. The van der Waals surface area contributed by atoms with Gasteiger partial charge in [0.2, 0.25) is 0 Å². The Bertz CT molecular complexity index is 1310. The lowest BCUT2D eigenvalue weighted by molar-refractivity contribution is 0.0955. The third-order valence-corrected chi connectivity index (χ3v) is 5.19. The second-order valence-corrected chi connectivity index (χ2v) is 7.48. The molecule has 0 radical (unpaired) electrons. The normalized spacial score (nSPS) is 11.0. The van der Waals surface area contributed by atoms with Gasteiger partial charge in [-0.15, -0.1) is 0 Å². The number of aromatic amines is 1. The van der Waals surface area contributed by atoms with Crippen LogP contribution in [0.2, 0.25) is 0 Å². The number of amides is 1. The summed E-state index contributed by atoms with van der Waals surface area (Å²) in [5, 5.41) is 4.07. The van der Waals surface area contributed by atoms with Gasteiger partial charge >= 0.3 is 0 Å². The molecule has 4 rings (SSSR count). The van der Waals surface area contributed by atoms with E-state index in [0.29, 0.717) is 30.1 Å². The Labute approximate surface area is 197 Å². The molecule has 0 atom stereocenters. The van der Waals surface area contributed by atoms with Gasteiger partial charge in [0.25, 0.3) is 5.91 Å². The van der Waals surface area contributed by atoms with Gasteiger partial charge in [-0.05, 0) is 66.6 Å². The zero-order valence-electron chi connectivity index (χ0n) is 19.3. The molecule has 174 valence electrons. The fraction of sp³-hybridized carbons (Fsp3) is 0.192. The number of carbonyl (C=O) groups is 1. The molecule has 0 unspecified atom stereocenters. The van der Waals surface area contributed by atoms with Crippen LogP contribution in [-0.4, -0.2) is 42.9 Å². The van der Waals surface area contributed by atoms with Gasteiger partial charge in [0.1, 0.15) is 11.6 Å². The first-order valence-corrected chi connectivity index (χ1v) is 10.9. The van der Waals surface area contributed by atoms with Gasteiger partial charge in [0.05, 0.1) is 38.1 Å². The van der Waals surface area contributed by atoms with Gasteiger partial charge in [-0.2, -0.15) is 5.10 Å². The molecule has 1 aromatic heterocycles. The van der Waals surface area contributed by atoms with Crippen molar-refractivity contribution >= 4 is 23.2 Å². The molecule has 1 amide bonds. The van der Waals surface area contributed by atoms with E-state index in [1.807, 2.05) is 43.3 Å².